The first-order chi connectivity index (χ1) is 7.99. The summed E-state index contributed by atoms with van der Waals surface area (Å²) in [4.78, 5) is 0. The van der Waals surface area contributed by atoms with Gasteiger partial charge in [0.2, 0.25) is 0 Å². The van der Waals surface area contributed by atoms with E-state index in [-0.39, 0.29) is 11.4 Å². The Balaban J connectivity index is 2.58. The van der Waals surface area contributed by atoms with Crippen LogP contribution >= 0.6 is 0 Å². The Morgan fingerprint density at radius 2 is 2.06 bits per heavy atom. The molecule has 0 aliphatic carbocycles. The van der Waals surface area contributed by atoms with Gasteiger partial charge in [0.15, 0.2) is 0 Å². The zero-order valence-corrected chi connectivity index (χ0v) is 11.0. The van der Waals surface area contributed by atoms with Crippen molar-refractivity contribution in [2.24, 2.45) is 0 Å². The van der Waals surface area contributed by atoms with Gasteiger partial charge < -0.3 is 10.1 Å². The van der Waals surface area contributed by atoms with Crippen LogP contribution in [0.3, 0.4) is 0 Å². The molecule has 0 aromatic heterocycles. The van der Waals surface area contributed by atoms with Crippen LogP contribution in [0.5, 0.6) is 5.75 Å². The monoisotopic (exact) mass is 237 g/mol. The average Bonchev–Trinajstić information content (AvgIpc) is 2.72. The highest BCUT2D eigenvalue weighted by molar-refractivity contribution is 5.48. The quantitative estimate of drug-likeness (QED) is 0.853. The largest absolute Gasteiger partial charge is 0.496 e. The zero-order valence-electron chi connectivity index (χ0n) is 11.0. The standard InChI is InChI=1S/C14H20FNO/c1-9-11(14(3)6-5-7-16-14)8-12(15)10(2)13(9)17-4/h8,16H,5-7H2,1-4H3. The van der Waals surface area contributed by atoms with E-state index in [1.807, 2.05) is 6.92 Å². The Morgan fingerprint density at radius 1 is 1.35 bits per heavy atom. The molecule has 0 radical (unpaired) electrons. The molecule has 2 rings (SSSR count). The summed E-state index contributed by atoms with van der Waals surface area (Å²) in [5.74, 6) is 0.493. The molecule has 2 nitrogen and oxygen atoms in total. The van der Waals surface area contributed by atoms with Crippen LogP contribution in [0.25, 0.3) is 0 Å². The smallest absolute Gasteiger partial charge is 0.130 e. The Labute approximate surface area is 102 Å². The molecule has 1 aromatic rings. The third-order valence-electron chi connectivity index (χ3n) is 3.88. The van der Waals surface area contributed by atoms with Crippen LogP contribution in [0.4, 0.5) is 4.39 Å². The van der Waals surface area contributed by atoms with Gasteiger partial charge in [0.1, 0.15) is 11.6 Å². The first-order valence-corrected chi connectivity index (χ1v) is 6.09. The second-order valence-corrected chi connectivity index (χ2v) is 5.05. The van der Waals surface area contributed by atoms with Crippen molar-refractivity contribution in [2.75, 3.05) is 13.7 Å². The number of halogens is 1. The Bertz CT molecular complexity index is 436. The van der Waals surface area contributed by atoms with E-state index >= 15 is 0 Å². The van der Waals surface area contributed by atoms with Gasteiger partial charge in [-0.05, 0) is 57.4 Å². The highest BCUT2D eigenvalue weighted by Crippen LogP contribution is 2.38. The molecular formula is C14H20FNO. The average molecular weight is 237 g/mol. The van der Waals surface area contributed by atoms with Crippen LogP contribution in [0, 0.1) is 19.7 Å². The van der Waals surface area contributed by atoms with Gasteiger partial charge in [-0.15, -0.1) is 0 Å². The van der Waals surface area contributed by atoms with E-state index < -0.39 is 0 Å². The van der Waals surface area contributed by atoms with E-state index in [0.717, 1.165) is 30.5 Å². The van der Waals surface area contributed by atoms with Crippen LogP contribution < -0.4 is 10.1 Å². The molecule has 0 spiro atoms. The number of hydrogen-bond donors (Lipinski definition) is 1. The van der Waals surface area contributed by atoms with E-state index in [1.54, 1.807) is 20.1 Å². The second-order valence-electron chi connectivity index (χ2n) is 5.05. The summed E-state index contributed by atoms with van der Waals surface area (Å²) in [7, 11) is 1.60. The maximum Gasteiger partial charge on any atom is 0.130 e. The number of methoxy groups -OCH3 is 1. The Kier molecular flexibility index (Phi) is 3.13. The van der Waals surface area contributed by atoms with Crippen LogP contribution in [-0.4, -0.2) is 13.7 Å². The maximum absolute atomic E-state index is 13.9. The van der Waals surface area contributed by atoms with Gasteiger partial charge in [-0.1, -0.05) is 0 Å². The fourth-order valence-electron chi connectivity index (χ4n) is 2.86. The van der Waals surface area contributed by atoms with Gasteiger partial charge >= 0.3 is 0 Å². The lowest BCUT2D eigenvalue weighted by molar-refractivity contribution is 0.390. The second kappa shape index (κ2) is 4.30. The molecule has 0 bridgehead atoms. The predicted molar refractivity (Wildman–Crippen MR) is 67.0 cm³/mol. The molecular weight excluding hydrogens is 217 g/mol. The fraction of sp³-hybridized carbons (Fsp3) is 0.571. The Morgan fingerprint density at radius 3 is 2.59 bits per heavy atom. The van der Waals surface area contributed by atoms with Crippen molar-refractivity contribution in [3.8, 4) is 5.75 Å². The topological polar surface area (TPSA) is 21.3 Å². The number of benzene rings is 1. The van der Waals surface area contributed by atoms with Crippen LogP contribution in [0.2, 0.25) is 0 Å². The molecule has 1 aromatic carbocycles. The van der Waals surface area contributed by atoms with Crippen LogP contribution in [0.15, 0.2) is 6.07 Å². The zero-order chi connectivity index (χ0) is 12.6. The molecule has 1 heterocycles. The lowest BCUT2D eigenvalue weighted by atomic mass is 9.86. The van der Waals surface area contributed by atoms with Crippen molar-refractivity contribution >= 4 is 0 Å². The molecule has 1 saturated heterocycles. The number of hydrogen-bond acceptors (Lipinski definition) is 2. The minimum absolute atomic E-state index is 0.119. The fourth-order valence-corrected chi connectivity index (χ4v) is 2.86. The molecule has 1 aliphatic rings. The van der Waals surface area contributed by atoms with E-state index in [0.29, 0.717) is 11.3 Å². The van der Waals surface area contributed by atoms with Gasteiger partial charge in [0.05, 0.1) is 7.11 Å². The summed E-state index contributed by atoms with van der Waals surface area (Å²) in [5, 5.41) is 3.47. The van der Waals surface area contributed by atoms with E-state index in [2.05, 4.69) is 12.2 Å². The predicted octanol–water partition coefficient (Wildman–Crippen LogP) is 3.05. The summed E-state index contributed by atoms with van der Waals surface area (Å²) in [6, 6.07) is 1.66. The van der Waals surface area contributed by atoms with E-state index in [1.165, 1.54) is 0 Å². The maximum atomic E-state index is 13.9. The summed E-state index contributed by atoms with van der Waals surface area (Å²) in [5.41, 5.74) is 2.54. The van der Waals surface area contributed by atoms with Crippen molar-refractivity contribution in [1.29, 1.82) is 0 Å². The van der Waals surface area contributed by atoms with E-state index in [9.17, 15) is 4.39 Å². The van der Waals surface area contributed by atoms with Gasteiger partial charge in [-0.2, -0.15) is 0 Å². The highest BCUT2D eigenvalue weighted by atomic mass is 19.1. The molecule has 0 amide bonds. The molecule has 17 heavy (non-hydrogen) atoms. The van der Waals surface area contributed by atoms with Gasteiger partial charge in [0.25, 0.3) is 0 Å². The minimum Gasteiger partial charge on any atom is -0.496 e. The molecule has 1 N–H and O–H groups in total. The first kappa shape index (κ1) is 12.4. The molecule has 1 aliphatic heterocycles. The van der Waals surface area contributed by atoms with Crippen LogP contribution in [-0.2, 0) is 5.54 Å². The summed E-state index contributed by atoms with van der Waals surface area (Å²) >= 11 is 0. The van der Waals surface area contributed by atoms with Crippen molar-refractivity contribution in [3.05, 3.63) is 28.6 Å². The van der Waals surface area contributed by atoms with Crippen molar-refractivity contribution in [3.63, 3.8) is 0 Å². The molecule has 3 heteroatoms. The first-order valence-electron chi connectivity index (χ1n) is 6.09. The molecule has 1 unspecified atom stereocenters. The highest BCUT2D eigenvalue weighted by Gasteiger charge is 2.33. The van der Waals surface area contributed by atoms with Crippen molar-refractivity contribution < 1.29 is 9.13 Å². The van der Waals surface area contributed by atoms with Gasteiger partial charge in [-0.25, -0.2) is 4.39 Å². The molecule has 94 valence electrons. The summed E-state index contributed by atoms with van der Waals surface area (Å²) < 4.78 is 19.3. The third-order valence-corrected chi connectivity index (χ3v) is 3.88. The number of rotatable bonds is 2. The van der Waals surface area contributed by atoms with E-state index in [4.69, 9.17) is 4.74 Å². The summed E-state index contributed by atoms with van der Waals surface area (Å²) in [6.45, 7) is 6.89. The van der Waals surface area contributed by atoms with Gasteiger partial charge in [-0.3, -0.25) is 0 Å². The van der Waals surface area contributed by atoms with Gasteiger partial charge in [0, 0.05) is 11.1 Å². The molecule has 0 saturated carbocycles. The molecule has 1 fully saturated rings. The number of ether oxygens (including phenoxy) is 1. The third kappa shape index (κ3) is 1.93. The SMILES string of the molecule is COc1c(C)c(F)cc(C2(C)CCCN2)c1C. The van der Waals surface area contributed by atoms with Crippen molar-refractivity contribution in [2.45, 2.75) is 39.2 Å². The lowest BCUT2D eigenvalue weighted by Crippen LogP contribution is -2.34. The summed E-state index contributed by atoms with van der Waals surface area (Å²) in [6.07, 6.45) is 2.17. The van der Waals surface area contributed by atoms with Crippen LogP contribution in [0.1, 0.15) is 36.5 Å². The normalized spacial score (nSPS) is 24.1. The molecule has 1 atom stereocenters. The lowest BCUT2D eigenvalue weighted by Gasteiger charge is -2.28. The minimum atomic E-state index is -0.183. The van der Waals surface area contributed by atoms with Crippen molar-refractivity contribution in [1.82, 2.24) is 5.32 Å². The Hall–Kier alpha value is -1.09. The number of nitrogens with one attached hydrogen (secondary N) is 1.